The molecule has 8 heteroatoms. The van der Waals surface area contributed by atoms with Gasteiger partial charge in [0.25, 0.3) is 5.91 Å². The third kappa shape index (κ3) is 9.65. The molecule has 0 aliphatic heterocycles. The number of anilines is 2. The number of benzene rings is 3. The molecule has 0 heterocycles. The number of halogens is 3. The van der Waals surface area contributed by atoms with Crippen molar-refractivity contribution in [2.75, 3.05) is 31.5 Å². The van der Waals surface area contributed by atoms with Gasteiger partial charge >= 0.3 is 6.36 Å². The van der Waals surface area contributed by atoms with Crippen LogP contribution in [0.25, 0.3) is 12.2 Å². The Morgan fingerprint density at radius 2 is 1.51 bits per heavy atom. The van der Waals surface area contributed by atoms with Crippen LogP contribution in [0.3, 0.4) is 0 Å². The Hall–Kier alpha value is -3.78. The lowest BCUT2D eigenvalue weighted by atomic mass is 10.1. The molecule has 3 aromatic rings. The first-order valence-corrected chi connectivity index (χ1v) is 12.3. The summed E-state index contributed by atoms with van der Waals surface area (Å²) in [5, 5.41) is 6.29. The minimum Gasteiger partial charge on any atom is -0.406 e. The van der Waals surface area contributed by atoms with Gasteiger partial charge in [0.1, 0.15) is 5.75 Å². The van der Waals surface area contributed by atoms with Crippen molar-refractivity contribution in [1.82, 2.24) is 10.2 Å². The van der Waals surface area contributed by atoms with Crippen molar-refractivity contribution in [3.05, 3.63) is 89.5 Å². The fraction of sp³-hybridized carbons (Fsp3) is 0.276. The highest BCUT2D eigenvalue weighted by Gasteiger charge is 2.30. The van der Waals surface area contributed by atoms with Crippen LogP contribution in [0.15, 0.2) is 72.8 Å². The number of hydrogen-bond acceptors (Lipinski definition) is 4. The topological polar surface area (TPSA) is 53.6 Å². The quantitative estimate of drug-likeness (QED) is 0.204. The summed E-state index contributed by atoms with van der Waals surface area (Å²) in [4.78, 5) is 14.9. The zero-order valence-electron chi connectivity index (χ0n) is 21.0. The maximum Gasteiger partial charge on any atom is 0.573 e. The van der Waals surface area contributed by atoms with E-state index in [0.29, 0.717) is 12.1 Å². The van der Waals surface area contributed by atoms with Crippen LogP contribution in [0.1, 0.15) is 41.8 Å². The average molecular weight is 512 g/mol. The number of alkyl halides is 3. The van der Waals surface area contributed by atoms with Gasteiger partial charge in [-0.1, -0.05) is 56.3 Å². The number of nitrogens with one attached hydrogen (secondary N) is 2. The van der Waals surface area contributed by atoms with Gasteiger partial charge in [0.05, 0.1) is 0 Å². The minimum atomic E-state index is -4.70. The van der Waals surface area contributed by atoms with Gasteiger partial charge in [-0.3, -0.25) is 4.79 Å². The van der Waals surface area contributed by atoms with Crippen molar-refractivity contribution in [1.29, 1.82) is 0 Å². The van der Waals surface area contributed by atoms with Crippen molar-refractivity contribution >= 4 is 29.4 Å². The van der Waals surface area contributed by atoms with Crippen molar-refractivity contribution in [3.63, 3.8) is 0 Å². The second kappa shape index (κ2) is 13.5. The van der Waals surface area contributed by atoms with Crippen LogP contribution in [0.5, 0.6) is 5.75 Å². The SMILES string of the molecule is CCN(CC)CCCNC(=O)c1cccc(Nc2ccc(/C=C/c3ccc(OC(F)(F)F)cc3)cc2)c1. The summed E-state index contributed by atoms with van der Waals surface area (Å²) in [6.07, 6.45) is -0.117. The summed E-state index contributed by atoms with van der Waals surface area (Å²) in [6, 6.07) is 20.7. The van der Waals surface area contributed by atoms with E-state index in [4.69, 9.17) is 0 Å². The van der Waals surface area contributed by atoms with E-state index in [-0.39, 0.29) is 11.7 Å². The summed E-state index contributed by atoms with van der Waals surface area (Å²) < 4.78 is 40.7. The Morgan fingerprint density at radius 3 is 2.11 bits per heavy atom. The van der Waals surface area contributed by atoms with E-state index in [2.05, 4.69) is 34.1 Å². The predicted molar refractivity (Wildman–Crippen MR) is 143 cm³/mol. The van der Waals surface area contributed by atoms with Crippen molar-refractivity contribution in [3.8, 4) is 5.75 Å². The highest BCUT2D eigenvalue weighted by atomic mass is 19.4. The Kier molecular flexibility index (Phi) is 10.1. The molecule has 1 amide bonds. The molecule has 0 saturated heterocycles. The van der Waals surface area contributed by atoms with Crippen molar-refractivity contribution in [2.45, 2.75) is 26.6 Å². The van der Waals surface area contributed by atoms with Gasteiger partial charge in [-0.25, -0.2) is 0 Å². The molecule has 3 aromatic carbocycles. The van der Waals surface area contributed by atoms with Gasteiger partial charge in [0, 0.05) is 23.5 Å². The molecule has 196 valence electrons. The fourth-order valence-corrected chi connectivity index (χ4v) is 3.70. The summed E-state index contributed by atoms with van der Waals surface area (Å²) >= 11 is 0. The van der Waals surface area contributed by atoms with Gasteiger partial charge in [0.15, 0.2) is 0 Å². The highest BCUT2D eigenvalue weighted by Crippen LogP contribution is 2.24. The van der Waals surface area contributed by atoms with Crippen LogP contribution in [0.4, 0.5) is 24.5 Å². The van der Waals surface area contributed by atoms with Gasteiger partial charge in [-0.05, 0) is 79.6 Å². The maximum atomic E-state index is 12.5. The molecule has 0 atom stereocenters. The molecule has 0 fully saturated rings. The van der Waals surface area contributed by atoms with E-state index in [1.54, 1.807) is 18.2 Å². The van der Waals surface area contributed by atoms with E-state index in [1.807, 2.05) is 54.6 Å². The lowest BCUT2D eigenvalue weighted by molar-refractivity contribution is -0.274. The van der Waals surface area contributed by atoms with Gasteiger partial charge in [-0.15, -0.1) is 13.2 Å². The monoisotopic (exact) mass is 511 g/mol. The number of rotatable bonds is 12. The summed E-state index contributed by atoms with van der Waals surface area (Å²) in [6.45, 7) is 7.87. The smallest absolute Gasteiger partial charge is 0.406 e. The third-order valence-electron chi connectivity index (χ3n) is 5.74. The Balaban J connectivity index is 1.52. The molecule has 37 heavy (non-hydrogen) atoms. The predicted octanol–water partition coefficient (Wildman–Crippen LogP) is 6.96. The van der Waals surface area contributed by atoms with Crippen LogP contribution in [0.2, 0.25) is 0 Å². The highest BCUT2D eigenvalue weighted by molar-refractivity contribution is 5.95. The Morgan fingerprint density at radius 1 is 0.892 bits per heavy atom. The number of hydrogen-bond donors (Lipinski definition) is 2. The second-order valence-electron chi connectivity index (χ2n) is 8.41. The third-order valence-corrected chi connectivity index (χ3v) is 5.74. The first kappa shape index (κ1) is 27.8. The molecule has 3 rings (SSSR count). The molecule has 0 bridgehead atoms. The van der Waals surface area contributed by atoms with Crippen LogP contribution in [-0.4, -0.2) is 43.3 Å². The summed E-state index contributed by atoms with van der Waals surface area (Å²) in [7, 11) is 0. The largest absolute Gasteiger partial charge is 0.573 e. The van der Waals surface area contributed by atoms with Gasteiger partial charge in [-0.2, -0.15) is 0 Å². The molecule has 0 unspecified atom stereocenters. The number of nitrogens with zero attached hydrogens (tertiary/aromatic N) is 1. The molecule has 0 aliphatic rings. The van der Waals surface area contributed by atoms with Crippen LogP contribution in [0, 0.1) is 0 Å². The van der Waals surface area contributed by atoms with Crippen LogP contribution < -0.4 is 15.4 Å². The maximum absolute atomic E-state index is 12.5. The zero-order chi connectivity index (χ0) is 26.7. The molecule has 2 N–H and O–H groups in total. The molecular formula is C29H32F3N3O2. The number of amides is 1. The first-order valence-electron chi connectivity index (χ1n) is 12.3. The second-order valence-corrected chi connectivity index (χ2v) is 8.41. The van der Waals surface area contributed by atoms with Gasteiger partial charge in [0.2, 0.25) is 0 Å². The van der Waals surface area contributed by atoms with E-state index in [9.17, 15) is 18.0 Å². The zero-order valence-corrected chi connectivity index (χ0v) is 21.0. The number of carbonyl (C=O) groups is 1. The lowest BCUT2D eigenvalue weighted by Crippen LogP contribution is -2.29. The first-order chi connectivity index (χ1) is 17.8. The van der Waals surface area contributed by atoms with Crippen LogP contribution in [-0.2, 0) is 0 Å². The lowest BCUT2D eigenvalue weighted by Gasteiger charge is -2.17. The van der Waals surface area contributed by atoms with Gasteiger partial charge < -0.3 is 20.3 Å². The average Bonchev–Trinajstić information content (AvgIpc) is 2.88. The molecule has 0 radical (unpaired) electrons. The normalized spacial score (nSPS) is 11.6. The minimum absolute atomic E-state index is 0.0957. The molecule has 5 nitrogen and oxygen atoms in total. The molecule has 0 saturated carbocycles. The molecular weight excluding hydrogens is 479 g/mol. The van der Waals surface area contributed by atoms with E-state index in [1.165, 1.54) is 12.1 Å². The Labute approximate surface area is 216 Å². The van der Waals surface area contributed by atoms with E-state index >= 15 is 0 Å². The van der Waals surface area contributed by atoms with E-state index < -0.39 is 6.36 Å². The molecule has 0 aliphatic carbocycles. The van der Waals surface area contributed by atoms with Crippen molar-refractivity contribution < 1.29 is 22.7 Å². The number of carbonyl (C=O) groups excluding carboxylic acids is 1. The summed E-state index contributed by atoms with van der Waals surface area (Å²) in [5.74, 6) is -0.349. The Bertz CT molecular complexity index is 1160. The number of ether oxygens (including phenoxy) is 1. The van der Waals surface area contributed by atoms with E-state index in [0.717, 1.165) is 48.6 Å². The van der Waals surface area contributed by atoms with Crippen molar-refractivity contribution in [2.24, 2.45) is 0 Å². The fourth-order valence-electron chi connectivity index (χ4n) is 3.70. The molecule has 0 aromatic heterocycles. The summed E-state index contributed by atoms with van der Waals surface area (Å²) in [5.41, 5.74) is 3.95. The standard InChI is InChI=1S/C29H32F3N3O2/c1-3-35(4-2)20-6-19-33-28(36)24-7-5-8-26(21-24)34-25-15-11-22(12-16-25)9-10-23-13-17-27(18-14-23)37-29(30,31)32/h5,7-18,21,34H,3-4,6,19-20H2,1-2H3,(H,33,36)/b10-9+. The van der Waals surface area contributed by atoms with Crippen LogP contribution >= 0.6 is 0 Å². The molecule has 0 spiro atoms.